The van der Waals surface area contributed by atoms with E-state index in [4.69, 9.17) is 0 Å². The fourth-order valence-electron chi connectivity index (χ4n) is 3.55. The van der Waals surface area contributed by atoms with Crippen molar-refractivity contribution in [2.24, 2.45) is 0 Å². The van der Waals surface area contributed by atoms with Crippen molar-refractivity contribution in [3.63, 3.8) is 0 Å². The van der Waals surface area contributed by atoms with Gasteiger partial charge in [0.15, 0.2) is 5.82 Å². The topological polar surface area (TPSA) is 67.2 Å². The Labute approximate surface area is 168 Å². The number of tetrazole rings is 1. The average molecular weight is 394 g/mol. The third kappa shape index (κ3) is 4.65. The van der Waals surface area contributed by atoms with Crippen LogP contribution < -0.4 is 0 Å². The minimum absolute atomic E-state index is 0.159. The number of rotatable bonds is 5. The first-order chi connectivity index (χ1) is 14.1. The molecule has 0 unspecified atom stereocenters. The second-order valence-electron chi connectivity index (χ2n) is 7.31. The first-order valence-corrected chi connectivity index (χ1v) is 9.67. The maximum absolute atomic E-state index is 13.2. The number of aromatic nitrogens is 4. The van der Waals surface area contributed by atoms with E-state index in [-0.39, 0.29) is 11.7 Å². The number of carbonyl (C=O) groups is 1. The number of benzene rings is 2. The number of piperazine rings is 1. The van der Waals surface area contributed by atoms with Crippen molar-refractivity contribution in [1.82, 2.24) is 30.0 Å². The van der Waals surface area contributed by atoms with Gasteiger partial charge in [0.05, 0.1) is 18.7 Å². The second-order valence-corrected chi connectivity index (χ2v) is 7.31. The van der Waals surface area contributed by atoms with Crippen molar-refractivity contribution in [3.8, 4) is 5.69 Å². The van der Waals surface area contributed by atoms with Crippen LogP contribution in [0.3, 0.4) is 0 Å². The van der Waals surface area contributed by atoms with Gasteiger partial charge in [-0.1, -0.05) is 29.8 Å². The molecule has 2 aromatic carbocycles. The fraction of sp³-hybridized carbons (Fsp3) is 0.333. The van der Waals surface area contributed by atoms with Gasteiger partial charge in [-0.15, -0.1) is 5.10 Å². The van der Waals surface area contributed by atoms with E-state index in [9.17, 15) is 9.18 Å². The summed E-state index contributed by atoms with van der Waals surface area (Å²) >= 11 is 0. The molecule has 1 fully saturated rings. The summed E-state index contributed by atoms with van der Waals surface area (Å²) in [6.45, 7) is 5.49. The van der Waals surface area contributed by atoms with Crippen molar-refractivity contribution < 1.29 is 9.18 Å². The lowest BCUT2D eigenvalue weighted by atomic mass is 10.1. The lowest BCUT2D eigenvalue weighted by Crippen LogP contribution is -2.49. The van der Waals surface area contributed by atoms with Gasteiger partial charge in [0.1, 0.15) is 5.82 Å². The normalized spacial score (nSPS) is 14.9. The fourth-order valence-corrected chi connectivity index (χ4v) is 3.55. The molecule has 1 aromatic heterocycles. The zero-order chi connectivity index (χ0) is 20.2. The summed E-state index contributed by atoms with van der Waals surface area (Å²) in [5.74, 6) is 0.553. The van der Waals surface area contributed by atoms with Crippen LogP contribution in [0.25, 0.3) is 5.69 Å². The number of hydrogen-bond acceptors (Lipinski definition) is 5. The highest BCUT2D eigenvalue weighted by Crippen LogP contribution is 2.13. The van der Waals surface area contributed by atoms with Gasteiger partial charge in [-0.25, -0.2) is 4.39 Å². The van der Waals surface area contributed by atoms with Gasteiger partial charge in [0.2, 0.25) is 5.91 Å². The van der Waals surface area contributed by atoms with Gasteiger partial charge < -0.3 is 4.90 Å². The molecule has 1 amide bonds. The summed E-state index contributed by atoms with van der Waals surface area (Å²) in [5.41, 5.74) is 2.94. The van der Waals surface area contributed by atoms with Crippen LogP contribution in [0.2, 0.25) is 0 Å². The Hall–Kier alpha value is -3.13. The van der Waals surface area contributed by atoms with Gasteiger partial charge >= 0.3 is 0 Å². The van der Waals surface area contributed by atoms with Crippen LogP contribution in [-0.2, 0) is 17.8 Å². The van der Waals surface area contributed by atoms with E-state index in [2.05, 4.69) is 26.5 Å². The zero-order valence-electron chi connectivity index (χ0n) is 16.3. The maximum Gasteiger partial charge on any atom is 0.227 e. The van der Waals surface area contributed by atoms with Crippen LogP contribution >= 0.6 is 0 Å². The van der Waals surface area contributed by atoms with Crippen LogP contribution in [0.4, 0.5) is 4.39 Å². The Balaban J connectivity index is 1.33. The Morgan fingerprint density at radius 1 is 1.07 bits per heavy atom. The lowest BCUT2D eigenvalue weighted by Gasteiger charge is -2.34. The van der Waals surface area contributed by atoms with E-state index in [1.54, 1.807) is 16.8 Å². The molecule has 1 aliphatic rings. The van der Waals surface area contributed by atoms with Crippen LogP contribution in [-0.4, -0.2) is 62.1 Å². The van der Waals surface area contributed by atoms with Crippen molar-refractivity contribution >= 4 is 5.91 Å². The third-order valence-corrected chi connectivity index (χ3v) is 5.13. The van der Waals surface area contributed by atoms with E-state index in [1.807, 2.05) is 30.0 Å². The number of carbonyl (C=O) groups excluding carboxylic acids is 1. The van der Waals surface area contributed by atoms with E-state index in [0.717, 1.165) is 24.3 Å². The summed E-state index contributed by atoms with van der Waals surface area (Å²) < 4.78 is 14.8. The summed E-state index contributed by atoms with van der Waals surface area (Å²) in [4.78, 5) is 16.8. The van der Waals surface area contributed by atoms with Gasteiger partial charge in [-0.2, -0.15) is 4.68 Å². The Morgan fingerprint density at radius 3 is 2.55 bits per heavy atom. The summed E-state index contributed by atoms with van der Waals surface area (Å²) in [7, 11) is 0. The van der Waals surface area contributed by atoms with E-state index in [1.165, 1.54) is 17.7 Å². The minimum atomic E-state index is -0.296. The monoisotopic (exact) mass is 394 g/mol. The van der Waals surface area contributed by atoms with Crippen molar-refractivity contribution in [2.75, 3.05) is 26.2 Å². The van der Waals surface area contributed by atoms with Crippen molar-refractivity contribution in [1.29, 1.82) is 0 Å². The number of aryl methyl sites for hydroxylation is 1. The quantitative estimate of drug-likeness (QED) is 0.662. The van der Waals surface area contributed by atoms with Gasteiger partial charge in [0.25, 0.3) is 0 Å². The first-order valence-electron chi connectivity index (χ1n) is 9.67. The molecule has 0 spiro atoms. The molecule has 0 N–H and O–H groups in total. The highest BCUT2D eigenvalue weighted by atomic mass is 19.1. The number of halogens is 1. The molecule has 4 rings (SSSR count). The highest BCUT2D eigenvalue weighted by Gasteiger charge is 2.23. The molecule has 1 saturated heterocycles. The average Bonchev–Trinajstić information content (AvgIpc) is 3.17. The summed E-state index contributed by atoms with van der Waals surface area (Å²) in [6, 6.07) is 14.2. The molecule has 2 heterocycles. The molecule has 0 radical (unpaired) electrons. The van der Waals surface area contributed by atoms with E-state index >= 15 is 0 Å². The second kappa shape index (κ2) is 8.48. The number of amides is 1. The van der Waals surface area contributed by atoms with Gasteiger partial charge in [0, 0.05) is 26.2 Å². The van der Waals surface area contributed by atoms with Gasteiger partial charge in [-0.3, -0.25) is 9.69 Å². The molecular formula is C21H23FN6O. The summed E-state index contributed by atoms with van der Waals surface area (Å²) in [6.07, 6.45) is 0.435. The van der Waals surface area contributed by atoms with Crippen LogP contribution in [0.15, 0.2) is 48.5 Å². The molecule has 29 heavy (non-hydrogen) atoms. The summed E-state index contributed by atoms with van der Waals surface area (Å²) in [5, 5.41) is 11.9. The van der Waals surface area contributed by atoms with E-state index in [0.29, 0.717) is 31.9 Å². The molecule has 8 heteroatoms. The molecule has 3 aromatic rings. The Bertz CT molecular complexity index is 979. The lowest BCUT2D eigenvalue weighted by molar-refractivity contribution is -0.132. The minimum Gasteiger partial charge on any atom is -0.340 e. The number of hydrogen-bond donors (Lipinski definition) is 0. The molecule has 150 valence electrons. The van der Waals surface area contributed by atoms with Crippen LogP contribution in [0.1, 0.15) is 17.0 Å². The molecule has 0 bridgehead atoms. The molecule has 1 aliphatic heterocycles. The van der Waals surface area contributed by atoms with Crippen molar-refractivity contribution in [2.45, 2.75) is 19.9 Å². The predicted octanol–water partition coefficient (Wildman–Crippen LogP) is 2.00. The third-order valence-electron chi connectivity index (χ3n) is 5.13. The predicted molar refractivity (Wildman–Crippen MR) is 106 cm³/mol. The van der Waals surface area contributed by atoms with Gasteiger partial charge in [-0.05, 0) is 47.2 Å². The Morgan fingerprint density at radius 2 is 1.83 bits per heavy atom. The standard InChI is InChI=1S/C21H23FN6O/c1-16-3-2-4-17(13-16)14-21(29)27-11-9-26(10-12-27)15-20-23-24-25-28(20)19-7-5-18(22)6-8-19/h2-8,13H,9-12,14-15H2,1H3. The zero-order valence-corrected chi connectivity index (χ0v) is 16.3. The Kier molecular flexibility index (Phi) is 5.62. The maximum atomic E-state index is 13.2. The highest BCUT2D eigenvalue weighted by molar-refractivity contribution is 5.79. The molecular weight excluding hydrogens is 371 g/mol. The first kappa shape index (κ1) is 19.2. The van der Waals surface area contributed by atoms with Crippen molar-refractivity contribution in [3.05, 3.63) is 71.3 Å². The van der Waals surface area contributed by atoms with Crippen LogP contribution in [0.5, 0.6) is 0 Å². The SMILES string of the molecule is Cc1cccc(CC(=O)N2CCN(Cc3nnnn3-c3ccc(F)cc3)CC2)c1. The molecule has 0 saturated carbocycles. The molecule has 7 nitrogen and oxygen atoms in total. The largest absolute Gasteiger partial charge is 0.340 e. The van der Waals surface area contributed by atoms with Crippen LogP contribution in [0, 0.1) is 12.7 Å². The smallest absolute Gasteiger partial charge is 0.227 e. The molecule has 0 aliphatic carbocycles. The molecule has 0 atom stereocenters. The number of nitrogens with zero attached hydrogens (tertiary/aromatic N) is 6. The van der Waals surface area contributed by atoms with E-state index < -0.39 is 0 Å².